The first-order chi connectivity index (χ1) is 37.2. The maximum Gasteiger partial charge on any atom is 0.249 e. The summed E-state index contributed by atoms with van der Waals surface area (Å²) in [5.41, 5.74) is 24.9. The lowest BCUT2D eigenvalue weighted by Crippen LogP contribution is -2.63. The number of para-hydroxylation sites is 6. The average Bonchev–Trinajstić information content (AvgIpc) is 4.43. The fourth-order valence-corrected chi connectivity index (χ4v) is 17.4. The molecule has 0 atom stereocenters. The third-order valence-corrected chi connectivity index (χ3v) is 20.3. The zero-order chi connectivity index (χ0) is 48.5. The van der Waals surface area contributed by atoms with Crippen LogP contribution in [0.3, 0.4) is 0 Å². The summed E-state index contributed by atoms with van der Waals surface area (Å²) in [6, 6.07) is 80.6. The monoisotopic (exact) mass is 984 g/mol. The Morgan fingerprint density at radius 1 is 0.307 bits per heavy atom. The summed E-state index contributed by atoms with van der Waals surface area (Å²) in [4.78, 5) is 5.50. The van der Waals surface area contributed by atoms with Crippen molar-refractivity contribution in [1.29, 1.82) is 0 Å². The number of benzene rings is 11. The molecule has 4 aliphatic heterocycles. The smallest absolute Gasteiger partial charge is 0.249 e. The molecule has 0 saturated heterocycles. The van der Waals surface area contributed by atoms with Crippen molar-refractivity contribution in [1.82, 2.24) is 18.3 Å². The number of fused-ring (bicyclic) bond motifs is 20. The van der Waals surface area contributed by atoms with Crippen LogP contribution in [-0.2, 0) is 0 Å². The Labute approximate surface area is 439 Å². The lowest BCUT2D eigenvalue weighted by atomic mass is 9.32. The molecule has 8 heteroatoms. The summed E-state index contributed by atoms with van der Waals surface area (Å²) >= 11 is 3.97. The van der Waals surface area contributed by atoms with Gasteiger partial charge in [-0.2, -0.15) is 0 Å². The van der Waals surface area contributed by atoms with Crippen LogP contribution in [0.25, 0.3) is 110 Å². The van der Waals surface area contributed by atoms with E-state index in [0.29, 0.717) is 0 Å². The third kappa shape index (κ3) is 4.75. The second-order valence-electron chi connectivity index (χ2n) is 21.0. The van der Waals surface area contributed by atoms with Gasteiger partial charge in [-0.05, 0) is 107 Å². The Bertz CT molecular complexity index is 4760. The predicted octanol–water partition coefficient (Wildman–Crippen LogP) is 13.0. The SMILES string of the molecule is Cc1c2c(cc3c1Sc1cccc4c1B3c1ccc(-n3c5ccccc5c5ccccc53)c3c5ccccc5n-4c13)B1c3c(cccc3-n3c4ccccc4c4c(-n5c6ccccc6c6ccccc65)ccc1c43)S2. The van der Waals surface area contributed by atoms with Gasteiger partial charge in [0.05, 0.1) is 55.5 Å². The largest absolute Gasteiger partial charge is 0.310 e. The van der Waals surface area contributed by atoms with Gasteiger partial charge >= 0.3 is 0 Å². The summed E-state index contributed by atoms with van der Waals surface area (Å²) in [6.07, 6.45) is 0. The maximum absolute atomic E-state index is 2.68. The molecular formula is C67H38B2N4S2. The molecule has 4 aromatic heterocycles. The molecule has 75 heavy (non-hydrogen) atoms. The Kier molecular flexibility index (Phi) is 7.44. The molecular weight excluding hydrogens is 947 g/mol. The Balaban J connectivity index is 0.896. The minimum Gasteiger partial charge on any atom is -0.310 e. The van der Waals surface area contributed by atoms with Crippen molar-refractivity contribution in [2.75, 3.05) is 0 Å². The second kappa shape index (κ2) is 14.0. The second-order valence-corrected chi connectivity index (χ2v) is 23.1. The molecule has 0 fully saturated rings. The molecule has 344 valence electrons. The van der Waals surface area contributed by atoms with Gasteiger partial charge in [0.1, 0.15) is 0 Å². The molecule has 0 unspecified atom stereocenters. The topological polar surface area (TPSA) is 19.7 Å². The van der Waals surface area contributed by atoms with E-state index in [1.165, 1.54) is 168 Å². The molecule has 0 amide bonds. The first kappa shape index (κ1) is 39.9. The van der Waals surface area contributed by atoms with Crippen LogP contribution in [0.4, 0.5) is 0 Å². The van der Waals surface area contributed by atoms with E-state index in [1.807, 2.05) is 23.5 Å². The van der Waals surface area contributed by atoms with Gasteiger partial charge < -0.3 is 18.3 Å². The minimum atomic E-state index is 0.0392. The van der Waals surface area contributed by atoms with E-state index in [2.05, 4.69) is 238 Å². The summed E-state index contributed by atoms with van der Waals surface area (Å²) in [5.74, 6) is 0. The van der Waals surface area contributed by atoms with Crippen LogP contribution < -0.4 is 32.8 Å². The predicted molar refractivity (Wildman–Crippen MR) is 319 cm³/mol. The van der Waals surface area contributed by atoms with E-state index in [9.17, 15) is 0 Å². The van der Waals surface area contributed by atoms with Crippen molar-refractivity contribution in [2.24, 2.45) is 0 Å². The first-order valence-electron chi connectivity index (χ1n) is 26.1. The lowest BCUT2D eigenvalue weighted by Gasteiger charge is -2.38. The van der Waals surface area contributed by atoms with Gasteiger partial charge in [-0.1, -0.05) is 174 Å². The maximum atomic E-state index is 2.68. The zero-order valence-electron chi connectivity index (χ0n) is 40.5. The van der Waals surface area contributed by atoms with E-state index in [-0.39, 0.29) is 13.4 Å². The van der Waals surface area contributed by atoms with Gasteiger partial charge in [0, 0.05) is 74.0 Å². The number of hydrogen-bond donors (Lipinski definition) is 0. The summed E-state index contributed by atoms with van der Waals surface area (Å²) in [6.45, 7) is 2.50. The molecule has 4 aliphatic rings. The number of nitrogens with zero attached hydrogens (tertiary/aromatic N) is 4. The van der Waals surface area contributed by atoms with E-state index in [1.54, 1.807) is 0 Å². The number of hydrogen-bond acceptors (Lipinski definition) is 2. The highest BCUT2D eigenvalue weighted by atomic mass is 32.2. The van der Waals surface area contributed by atoms with Crippen molar-refractivity contribution in [3.8, 4) is 22.7 Å². The molecule has 0 aliphatic carbocycles. The van der Waals surface area contributed by atoms with E-state index in [4.69, 9.17) is 0 Å². The average molecular weight is 985 g/mol. The fraction of sp³-hybridized carbons (Fsp3) is 0.0149. The van der Waals surface area contributed by atoms with Gasteiger partial charge in [-0.15, -0.1) is 0 Å². The Morgan fingerprint density at radius 2 is 0.653 bits per heavy atom. The van der Waals surface area contributed by atoms with Crippen LogP contribution in [0.5, 0.6) is 0 Å². The highest BCUT2D eigenvalue weighted by Gasteiger charge is 2.45. The third-order valence-electron chi connectivity index (χ3n) is 17.6. The van der Waals surface area contributed by atoms with Crippen LogP contribution >= 0.6 is 23.5 Å². The number of rotatable bonds is 2. The van der Waals surface area contributed by atoms with E-state index in [0.717, 1.165) is 0 Å². The molecule has 0 spiro atoms. The summed E-state index contributed by atoms with van der Waals surface area (Å²) < 4.78 is 10.3. The van der Waals surface area contributed by atoms with Gasteiger partial charge in [0.15, 0.2) is 0 Å². The van der Waals surface area contributed by atoms with Crippen molar-refractivity contribution in [3.05, 3.63) is 218 Å². The zero-order valence-corrected chi connectivity index (χ0v) is 42.1. The van der Waals surface area contributed by atoms with Gasteiger partial charge in [-0.3, -0.25) is 0 Å². The lowest BCUT2D eigenvalue weighted by molar-refractivity contribution is 1.15. The van der Waals surface area contributed by atoms with Gasteiger partial charge in [-0.25, -0.2) is 0 Å². The van der Waals surface area contributed by atoms with Crippen LogP contribution in [0.15, 0.2) is 232 Å². The number of aromatic nitrogens is 4. The van der Waals surface area contributed by atoms with Crippen LogP contribution in [0, 0.1) is 6.92 Å². The fourth-order valence-electron chi connectivity index (χ4n) is 14.8. The molecule has 4 nitrogen and oxygen atoms in total. The van der Waals surface area contributed by atoms with Crippen molar-refractivity contribution < 1.29 is 0 Å². The van der Waals surface area contributed by atoms with Crippen molar-refractivity contribution in [2.45, 2.75) is 26.5 Å². The molecule has 15 aromatic rings. The Hall–Kier alpha value is -8.55. The Morgan fingerprint density at radius 3 is 1.04 bits per heavy atom. The summed E-state index contributed by atoms with van der Waals surface area (Å²) in [5, 5.41) is 10.3. The van der Waals surface area contributed by atoms with Crippen LogP contribution in [-0.4, -0.2) is 31.7 Å². The van der Waals surface area contributed by atoms with E-state index >= 15 is 0 Å². The molecule has 19 rings (SSSR count). The first-order valence-corrected chi connectivity index (χ1v) is 27.7. The van der Waals surface area contributed by atoms with Crippen molar-refractivity contribution >= 4 is 157 Å². The van der Waals surface area contributed by atoms with Gasteiger partial charge in [0.2, 0.25) is 13.4 Å². The molecule has 0 N–H and O–H groups in total. The molecule has 11 aromatic carbocycles. The minimum absolute atomic E-state index is 0.0392. The quantitative estimate of drug-likeness (QED) is 0.161. The highest BCUT2D eigenvalue weighted by Crippen LogP contribution is 2.47. The van der Waals surface area contributed by atoms with Gasteiger partial charge in [0.25, 0.3) is 0 Å². The van der Waals surface area contributed by atoms with E-state index < -0.39 is 0 Å². The highest BCUT2D eigenvalue weighted by molar-refractivity contribution is 8.01. The molecule has 0 radical (unpaired) electrons. The van der Waals surface area contributed by atoms with Crippen LogP contribution in [0.2, 0.25) is 0 Å². The van der Waals surface area contributed by atoms with Crippen LogP contribution in [0.1, 0.15) is 5.56 Å². The normalized spacial score (nSPS) is 13.8. The standard InChI is InChI=1S/C67H38B2N4S2/c1-37-66-46(68-44-32-34-54(70-48-22-8-2-16-38(48)39-17-3-9-23-49(39)70)60-42-20-6-12-26-52(42)72(64(44)60)56-28-14-30-58(74-66)62(56)68)36-47-67(37)75-59-31-15-29-57-63(59)69(47)45-33-35-55(61-43-21-7-13-27-53(43)73(57)65(45)61)71-50-24-10-4-18-40(50)41-19-5-11-25-51(41)71/h2-36H,1H3. The summed E-state index contributed by atoms with van der Waals surface area (Å²) in [7, 11) is 0. The molecule has 0 saturated carbocycles. The molecule has 0 bridgehead atoms. The molecule has 8 heterocycles. The van der Waals surface area contributed by atoms with Crippen molar-refractivity contribution in [3.63, 3.8) is 0 Å².